The van der Waals surface area contributed by atoms with Crippen LogP contribution in [0.15, 0.2) is 49.1 Å². The predicted molar refractivity (Wildman–Crippen MR) is 85.7 cm³/mol. The zero-order valence-corrected chi connectivity index (χ0v) is 12.4. The number of para-hydroxylation sites is 1. The van der Waals surface area contributed by atoms with Gasteiger partial charge in [-0.25, -0.2) is 9.67 Å². The van der Waals surface area contributed by atoms with E-state index in [1.807, 2.05) is 30.3 Å². The van der Waals surface area contributed by atoms with Crippen molar-refractivity contribution in [3.63, 3.8) is 0 Å². The van der Waals surface area contributed by atoms with Crippen LogP contribution >= 0.6 is 11.6 Å². The zero-order valence-electron chi connectivity index (χ0n) is 11.6. The van der Waals surface area contributed by atoms with E-state index in [0.717, 1.165) is 22.2 Å². The van der Waals surface area contributed by atoms with Crippen LogP contribution in [0.4, 0.5) is 0 Å². The monoisotopic (exact) mass is 321 g/mol. The Labute approximate surface area is 134 Å². The van der Waals surface area contributed by atoms with Crippen LogP contribution in [0.25, 0.3) is 33.4 Å². The smallest absolute Gasteiger partial charge is 0.236 e. The summed E-state index contributed by atoms with van der Waals surface area (Å²) in [6, 6.07) is 9.83. The van der Waals surface area contributed by atoms with E-state index in [-0.39, 0.29) is 0 Å². The lowest BCUT2D eigenvalue weighted by atomic mass is 10.2. The fourth-order valence-corrected chi connectivity index (χ4v) is 2.93. The van der Waals surface area contributed by atoms with Crippen molar-refractivity contribution in [2.24, 2.45) is 0 Å². The number of hydrogen-bond acceptors (Lipinski definition) is 5. The molecular formula is C15H8ClN7. The van der Waals surface area contributed by atoms with Crippen LogP contribution in [0.3, 0.4) is 0 Å². The quantitative estimate of drug-likeness (QED) is 0.444. The van der Waals surface area contributed by atoms with Gasteiger partial charge in [0, 0.05) is 6.20 Å². The largest absolute Gasteiger partial charge is 0.254 e. The van der Waals surface area contributed by atoms with Gasteiger partial charge in [0.1, 0.15) is 11.5 Å². The Hall–Kier alpha value is -3.06. The fourth-order valence-electron chi connectivity index (χ4n) is 2.72. The Kier molecular flexibility index (Phi) is 2.42. The third-order valence-corrected chi connectivity index (χ3v) is 4.02. The molecule has 0 fully saturated rings. The van der Waals surface area contributed by atoms with Crippen LogP contribution in [0.5, 0.6) is 0 Å². The first-order valence-corrected chi connectivity index (χ1v) is 7.28. The lowest BCUT2D eigenvalue weighted by molar-refractivity contribution is 0.897. The van der Waals surface area contributed by atoms with Crippen molar-refractivity contribution >= 4 is 39.3 Å². The molecule has 8 heteroatoms. The summed E-state index contributed by atoms with van der Waals surface area (Å²) in [4.78, 5) is 12.8. The predicted octanol–water partition coefficient (Wildman–Crippen LogP) is 2.66. The van der Waals surface area contributed by atoms with Crippen molar-refractivity contribution in [1.82, 2.24) is 34.3 Å². The first-order valence-electron chi connectivity index (χ1n) is 6.90. The molecule has 0 N–H and O–H groups in total. The van der Waals surface area contributed by atoms with Gasteiger partial charge in [0.25, 0.3) is 5.78 Å². The average Bonchev–Trinajstić information content (AvgIpc) is 3.21. The maximum Gasteiger partial charge on any atom is 0.254 e. The molecule has 4 heterocycles. The van der Waals surface area contributed by atoms with Gasteiger partial charge in [-0.2, -0.15) is 24.7 Å². The van der Waals surface area contributed by atoms with Gasteiger partial charge in [-0.3, -0.25) is 0 Å². The van der Waals surface area contributed by atoms with E-state index in [4.69, 9.17) is 11.6 Å². The average molecular weight is 322 g/mol. The minimum Gasteiger partial charge on any atom is -0.236 e. The number of nitrogens with zero attached hydrogens (tertiary/aromatic N) is 7. The molecule has 0 unspecified atom stereocenters. The number of halogens is 1. The van der Waals surface area contributed by atoms with Crippen LogP contribution in [-0.4, -0.2) is 34.3 Å². The van der Waals surface area contributed by atoms with E-state index < -0.39 is 0 Å². The van der Waals surface area contributed by atoms with Crippen molar-refractivity contribution in [2.75, 3.05) is 0 Å². The molecule has 0 aliphatic heterocycles. The van der Waals surface area contributed by atoms with Crippen LogP contribution in [-0.2, 0) is 0 Å². The molecule has 0 aliphatic carbocycles. The van der Waals surface area contributed by atoms with Crippen LogP contribution in [0.2, 0.25) is 5.15 Å². The highest BCUT2D eigenvalue weighted by Crippen LogP contribution is 2.28. The van der Waals surface area contributed by atoms with E-state index in [1.54, 1.807) is 21.6 Å². The molecule has 0 amide bonds. The highest BCUT2D eigenvalue weighted by atomic mass is 35.5. The van der Waals surface area contributed by atoms with Gasteiger partial charge in [0.2, 0.25) is 0 Å². The van der Waals surface area contributed by atoms with Crippen LogP contribution < -0.4 is 0 Å². The first-order chi connectivity index (χ1) is 11.3. The first kappa shape index (κ1) is 12.5. The van der Waals surface area contributed by atoms with Gasteiger partial charge in [-0.05, 0) is 12.1 Å². The molecule has 0 saturated heterocycles. The number of pyridine rings is 1. The Morgan fingerprint density at radius 1 is 0.913 bits per heavy atom. The summed E-state index contributed by atoms with van der Waals surface area (Å²) < 4.78 is 3.44. The van der Waals surface area contributed by atoms with Crippen molar-refractivity contribution in [3.8, 4) is 5.69 Å². The number of aromatic nitrogens is 7. The summed E-state index contributed by atoms with van der Waals surface area (Å²) in [6.07, 6.45) is 4.90. The molecule has 110 valence electrons. The van der Waals surface area contributed by atoms with Crippen molar-refractivity contribution in [3.05, 3.63) is 54.2 Å². The van der Waals surface area contributed by atoms with E-state index in [9.17, 15) is 0 Å². The SMILES string of the molecule is Clc1nc2ncnn2c2c1cnc1c2cnn1-c1ccccc1. The van der Waals surface area contributed by atoms with Crippen molar-refractivity contribution in [2.45, 2.75) is 0 Å². The second kappa shape index (κ2) is 4.47. The van der Waals surface area contributed by atoms with E-state index in [2.05, 4.69) is 25.1 Å². The molecule has 1 aromatic carbocycles. The maximum absolute atomic E-state index is 6.26. The number of hydrogen-bond donors (Lipinski definition) is 0. The molecule has 7 nitrogen and oxygen atoms in total. The molecule has 0 aliphatic rings. The summed E-state index contributed by atoms with van der Waals surface area (Å²) in [7, 11) is 0. The minimum atomic E-state index is 0.349. The third kappa shape index (κ3) is 1.68. The molecule has 0 radical (unpaired) electrons. The van der Waals surface area contributed by atoms with E-state index in [0.29, 0.717) is 16.3 Å². The molecule has 5 rings (SSSR count). The second-order valence-electron chi connectivity index (χ2n) is 5.02. The molecule has 4 aromatic heterocycles. The molecule has 0 atom stereocenters. The normalized spacial score (nSPS) is 11.7. The summed E-state index contributed by atoms with van der Waals surface area (Å²) in [6.45, 7) is 0. The Balaban J connectivity index is 1.96. The fraction of sp³-hybridized carbons (Fsp3) is 0. The number of benzene rings is 1. The number of fused-ring (bicyclic) bond motifs is 5. The van der Waals surface area contributed by atoms with Crippen molar-refractivity contribution in [1.29, 1.82) is 0 Å². The molecule has 23 heavy (non-hydrogen) atoms. The summed E-state index contributed by atoms with van der Waals surface area (Å²) in [5, 5.41) is 10.6. The van der Waals surface area contributed by atoms with Crippen LogP contribution in [0.1, 0.15) is 0 Å². The number of rotatable bonds is 1. The zero-order chi connectivity index (χ0) is 15.4. The standard InChI is InChI=1S/C15H8ClN7/c16-13-10-6-17-14-11(12(10)23-15(21-13)18-8-20-23)7-19-22(14)9-4-2-1-3-5-9/h1-8H. The lowest BCUT2D eigenvalue weighted by Crippen LogP contribution is -1.99. The van der Waals surface area contributed by atoms with Gasteiger partial charge < -0.3 is 0 Å². The molecule has 5 aromatic rings. The molecule has 0 spiro atoms. The van der Waals surface area contributed by atoms with Gasteiger partial charge in [-0.15, -0.1) is 0 Å². The lowest BCUT2D eigenvalue weighted by Gasteiger charge is -2.05. The van der Waals surface area contributed by atoms with Crippen molar-refractivity contribution < 1.29 is 0 Å². The highest BCUT2D eigenvalue weighted by molar-refractivity contribution is 6.35. The Bertz CT molecular complexity index is 1180. The van der Waals surface area contributed by atoms with Crippen LogP contribution in [0, 0.1) is 0 Å². The Morgan fingerprint density at radius 3 is 2.65 bits per heavy atom. The topological polar surface area (TPSA) is 73.8 Å². The minimum absolute atomic E-state index is 0.349. The Morgan fingerprint density at radius 2 is 1.78 bits per heavy atom. The summed E-state index contributed by atoms with van der Waals surface area (Å²) >= 11 is 6.26. The van der Waals surface area contributed by atoms with E-state index in [1.165, 1.54) is 6.33 Å². The van der Waals surface area contributed by atoms with Gasteiger partial charge in [0.05, 0.1) is 28.2 Å². The second-order valence-corrected chi connectivity index (χ2v) is 5.38. The maximum atomic E-state index is 6.26. The summed E-state index contributed by atoms with van der Waals surface area (Å²) in [5.74, 6) is 0.447. The molecule has 0 saturated carbocycles. The molecule has 0 bridgehead atoms. The third-order valence-electron chi connectivity index (χ3n) is 3.73. The highest BCUT2D eigenvalue weighted by Gasteiger charge is 2.16. The summed E-state index contributed by atoms with van der Waals surface area (Å²) in [5.41, 5.74) is 2.46. The van der Waals surface area contributed by atoms with Gasteiger partial charge >= 0.3 is 0 Å². The molecular weight excluding hydrogens is 314 g/mol. The van der Waals surface area contributed by atoms with Gasteiger partial charge in [0.15, 0.2) is 5.65 Å². The van der Waals surface area contributed by atoms with E-state index >= 15 is 0 Å². The van der Waals surface area contributed by atoms with Gasteiger partial charge in [-0.1, -0.05) is 29.8 Å².